The highest BCUT2D eigenvalue weighted by molar-refractivity contribution is 14.0. The van der Waals surface area contributed by atoms with Crippen molar-refractivity contribution in [3.8, 4) is 0 Å². The number of aliphatic imine (C=N–C) groups is 1. The lowest BCUT2D eigenvalue weighted by molar-refractivity contribution is -0.140. The van der Waals surface area contributed by atoms with Crippen molar-refractivity contribution in [2.75, 3.05) is 7.05 Å². The van der Waals surface area contributed by atoms with Crippen LogP contribution in [0.25, 0.3) is 0 Å². The summed E-state index contributed by atoms with van der Waals surface area (Å²) in [6.45, 7) is 4.30. The van der Waals surface area contributed by atoms with Crippen molar-refractivity contribution in [1.29, 1.82) is 0 Å². The van der Waals surface area contributed by atoms with Gasteiger partial charge in [0, 0.05) is 34.6 Å². The molecule has 0 fully saturated rings. The molecule has 0 aliphatic heterocycles. The highest BCUT2D eigenvalue weighted by Crippen LogP contribution is 2.29. The smallest absolute Gasteiger partial charge is 0.354 e. The van der Waals surface area contributed by atoms with Crippen LogP contribution in [-0.4, -0.2) is 24.0 Å². The van der Waals surface area contributed by atoms with Crippen LogP contribution in [0.2, 0.25) is 0 Å². The van der Waals surface area contributed by atoms with Gasteiger partial charge in [-0.2, -0.15) is 13.2 Å². The van der Waals surface area contributed by atoms with Gasteiger partial charge in [0.25, 0.3) is 0 Å². The standard InChI is InChI=1S/C15H19F3N4S2.HI/c1-9(6-11-5-4-10(2)24-11)21-14(19-3)20-7-13-22-12(8-23-13)15(16,17)18;/h4-5,8-9H,6-7H2,1-3H3,(H2,19,20,21);1H. The zero-order valence-corrected chi connectivity index (χ0v) is 17.9. The third-order valence-corrected chi connectivity index (χ3v) is 5.03. The van der Waals surface area contributed by atoms with Gasteiger partial charge in [0.05, 0.1) is 6.54 Å². The molecule has 0 aromatic carbocycles. The maximum atomic E-state index is 12.5. The van der Waals surface area contributed by atoms with Gasteiger partial charge in [0.1, 0.15) is 5.01 Å². The van der Waals surface area contributed by atoms with Crippen LogP contribution in [0, 0.1) is 6.92 Å². The molecule has 1 unspecified atom stereocenters. The van der Waals surface area contributed by atoms with Crippen molar-refractivity contribution in [2.45, 2.75) is 39.0 Å². The van der Waals surface area contributed by atoms with Gasteiger partial charge in [-0.05, 0) is 26.0 Å². The molecule has 25 heavy (non-hydrogen) atoms. The summed E-state index contributed by atoms with van der Waals surface area (Å²) < 4.78 is 37.6. The first-order valence-electron chi connectivity index (χ1n) is 7.32. The van der Waals surface area contributed by atoms with Gasteiger partial charge in [0.2, 0.25) is 0 Å². The topological polar surface area (TPSA) is 49.3 Å². The molecule has 0 saturated carbocycles. The Morgan fingerprint density at radius 1 is 1.36 bits per heavy atom. The van der Waals surface area contributed by atoms with E-state index in [4.69, 9.17) is 0 Å². The number of alkyl halides is 3. The summed E-state index contributed by atoms with van der Waals surface area (Å²) in [5.41, 5.74) is -0.853. The quantitative estimate of drug-likeness (QED) is 0.360. The van der Waals surface area contributed by atoms with Gasteiger partial charge in [-0.15, -0.1) is 46.7 Å². The second kappa shape index (κ2) is 9.72. The number of thiazole rings is 1. The van der Waals surface area contributed by atoms with E-state index in [-0.39, 0.29) is 36.6 Å². The monoisotopic (exact) mass is 504 g/mol. The molecule has 0 spiro atoms. The number of halogens is 4. The van der Waals surface area contributed by atoms with E-state index in [9.17, 15) is 13.2 Å². The normalized spacial score (nSPS) is 13.3. The van der Waals surface area contributed by atoms with Crippen LogP contribution in [-0.2, 0) is 19.1 Å². The Balaban J connectivity index is 0.00000312. The Hall–Kier alpha value is -0.880. The molecule has 0 amide bonds. The van der Waals surface area contributed by atoms with Crippen LogP contribution in [0.3, 0.4) is 0 Å². The second-order valence-electron chi connectivity index (χ2n) is 5.31. The minimum atomic E-state index is -4.40. The number of rotatable bonds is 5. The Morgan fingerprint density at radius 3 is 2.60 bits per heavy atom. The van der Waals surface area contributed by atoms with E-state index >= 15 is 0 Å². The van der Waals surface area contributed by atoms with Crippen LogP contribution in [0.1, 0.15) is 27.4 Å². The molecule has 1 atom stereocenters. The molecular weight excluding hydrogens is 484 g/mol. The van der Waals surface area contributed by atoms with Crippen LogP contribution in [0.4, 0.5) is 13.2 Å². The fourth-order valence-corrected chi connectivity index (χ4v) is 3.82. The van der Waals surface area contributed by atoms with Crippen molar-refractivity contribution < 1.29 is 13.2 Å². The minimum Gasteiger partial charge on any atom is -0.354 e. The SMILES string of the molecule is CN=C(NCc1nc(C(F)(F)F)cs1)NC(C)Cc1ccc(C)s1.I. The Morgan fingerprint density at radius 2 is 2.08 bits per heavy atom. The molecule has 140 valence electrons. The number of aryl methyl sites for hydroxylation is 1. The molecule has 0 saturated heterocycles. The highest BCUT2D eigenvalue weighted by Gasteiger charge is 2.33. The summed E-state index contributed by atoms with van der Waals surface area (Å²) in [5, 5.41) is 7.62. The summed E-state index contributed by atoms with van der Waals surface area (Å²) in [6.07, 6.45) is -3.54. The van der Waals surface area contributed by atoms with Crippen LogP contribution >= 0.6 is 46.7 Å². The Bertz CT molecular complexity index is 697. The first-order chi connectivity index (χ1) is 11.3. The first kappa shape index (κ1) is 22.2. The fraction of sp³-hybridized carbons (Fsp3) is 0.467. The molecule has 0 bridgehead atoms. The molecule has 2 aromatic heterocycles. The summed E-state index contributed by atoms with van der Waals surface area (Å²) in [7, 11) is 1.63. The predicted octanol–water partition coefficient (Wildman–Crippen LogP) is 4.45. The molecule has 2 rings (SSSR count). The van der Waals surface area contributed by atoms with E-state index in [1.54, 1.807) is 18.4 Å². The van der Waals surface area contributed by atoms with E-state index in [1.165, 1.54) is 9.75 Å². The van der Waals surface area contributed by atoms with E-state index < -0.39 is 11.9 Å². The number of nitrogens with zero attached hydrogens (tertiary/aromatic N) is 2. The average Bonchev–Trinajstić information content (AvgIpc) is 3.12. The summed E-state index contributed by atoms with van der Waals surface area (Å²) in [4.78, 5) is 10.2. The number of thiophene rings is 1. The molecule has 10 heteroatoms. The average molecular weight is 504 g/mol. The Labute approximate surface area is 170 Å². The number of hydrogen-bond acceptors (Lipinski definition) is 4. The highest BCUT2D eigenvalue weighted by atomic mass is 127. The largest absolute Gasteiger partial charge is 0.434 e. The zero-order chi connectivity index (χ0) is 17.7. The van der Waals surface area contributed by atoms with E-state index in [2.05, 4.69) is 39.7 Å². The lowest BCUT2D eigenvalue weighted by Gasteiger charge is -2.17. The predicted molar refractivity (Wildman–Crippen MR) is 108 cm³/mol. The maximum absolute atomic E-state index is 12.5. The van der Waals surface area contributed by atoms with Crippen LogP contribution in [0.5, 0.6) is 0 Å². The van der Waals surface area contributed by atoms with E-state index in [1.807, 2.05) is 6.92 Å². The first-order valence-corrected chi connectivity index (χ1v) is 9.01. The molecule has 2 aromatic rings. The minimum absolute atomic E-state index is 0. The van der Waals surface area contributed by atoms with Crippen molar-refractivity contribution in [3.05, 3.63) is 38.0 Å². The summed E-state index contributed by atoms with van der Waals surface area (Å²) in [5.74, 6) is 0.541. The van der Waals surface area contributed by atoms with Crippen molar-refractivity contribution in [3.63, 3.8) is 0 Å². The Kier molecular flexibility index (Phi) is 8.61. The third-order valence-electron chi connectivity index (χ3n) is 3.16. The van der Waals surface area contributed by atoms with Crippen molar-refractivity contribution >= 4 is 52.6 Å². The van der Waals surface area contributed by atoms with Gasteiger partial charge in [-0.25, -0.2) is 4.98 Å². The van der Waals surface area contributed by atoms with Crippen molar-refractivity contribution in [2.24, 2.45) is 4.99 Å². The van der Waals surface area contributed by atoms with Crippen molar-refractivity contribution in [1.82, 2.24) is 15.6 Å². The summed E-state index contributed by atoms with van der Waals surface area (Å²) >= 11 is 2.73. The van der Waals surface area contributed by atoms with Gasteiger partial charge >= 0.3 is 6.18 Å². The maximum Gasteiger partial charge on any atom is 0.434 e. The molecule has 0 radical (unpaired) electrons. The van der Waals surface area contributed by atoms with E-state index in [0.717, 1.165) is 23.1 Å². The molecule has 0 aliphatic carbocycles. The molecule has 0 aliphatic rings. The number of guanidine groups is 1. The molecular formula is C15H20F3IN4S2. The van der Waals surface area contributed by atoms with Crippen LogP contribution < -0.4 is 10.6 Å². The van der Waals surface area contributed by atoms with Gasteiger partial charge in [0.15, 0.2) is 11.7 Å². The summed E-state index contributed by atoms with van der Waals surface area (Å²) in [6, 6.07) is 4.33. The van der Waals surface area contributed by atoms with E-state index in [0.29, 0.717) is 11.0 Å². The molecule has 2 N–H and O–H groups in total. The molecule has 4 nitrogen and oxygen atoms in total. The fourth-order valence-electron chi connectivity index (χ4n) is 2.06. The lowest BCUT2D eigenvalue weighted by Crippen LogP contribution is -2.42. The zero-order valence-electron chi connectivity index (χ0n) is 14.0. The lowest BCUT2D eigenvalue weighted by atomic mass is 10.2. The van der Waals surface area contributed by atoms with Gasteiger partial charge in [-0.1, -0.05) is 0 Å². The van der Waals surface area contributed by atoms with Gasteiger partial charge < -0.3 is 10.6 Å². The van der Waals surface area contributed by atoms with Gasteiger partial charge in [-0.3, -0.25) is 4.99 Å². The number of hydrogen-bond donors (Lipinski definition) is 2. The number of aromatic nitrogens is 1. The number of nitrogens with one attached hydrogen (secondary N) is 2. The third kappa shape index (κ3) is 7.10. The molecule has 2 heterocycles. The van der Waals surface area contributed by atoms with Crippen LogP contribution in [0.15, 0.2) is 22.5 Å². The second-order valence-corrected chi connectivity index (χ2v) is 7.63.